The Morgan fingerprint density at radius 1 is 1.69 bits per heavy atom. The van der Waals surface area contributed by atoms with Crippen molar-refractivity contribution in [2.75, 3.05) is 13.6 Å². The van der Waals surface area contributed by atoms with Crippen molar-refractivity contribution >= 4 is 28.9 Å². The van der Waals surface area contributed by atoms with E-state index in [1.165, 1.54) is 0 Å². The van der Waals surface area contributed by atoms with E-state index in [2.05, 4.69) is 17.3 Å². The fourth-order valence-electron chi connectivity index (χ4n) is 1.28. The molecule has 1 N–H and O–H groups in total. The largest absolute Gasteiger partial charge is 0.363 e. The van der Waals surface area contributed by atoms with E-state index in [0.717, 1.165) is 23.8 Å². The Morgan fingerprint density at radius 2 is 2.38 bits per heavy atom. The Hall–Kier alpha value is -0.810. The van der Waals surface area contributed by atoms with E-state index in [4.69, 9.17) is 23.8 Å². The molecular formula is C10H17ClN4S. The second kappa shape index (κ2) is 6.06. The summed E-state index contributed by atoms with van der Waals surface area (Å²) in [7, 11) is 3.81. The quantitative estimate of drug-likeness (QED) is 0.837. The molecular weight excluding hydrogens is 244 g/mol. The van der Waals surface area contributed by atoms with Gasteiger partial charge in [0.1, 0.15) is 0 Å². The van der Waals surface area contributed by atoms with Crippen LogP contribution in [0.2, 0.25) is 5.02 Å². The Kier molecular flexibility index (Phi) is 5.02. The van der Waals surface area contributed by atoms with Gasteiger partial charge in [0.25, 0.3) is 0 Å². The molecule has 0 bridgehead atoms. The van der Waals surface area contributed by atoms with Crippen molar-refractivity contribution in [3.8, 4) is 0 Å². The second-order valence-corrected chi connectivity index (χ2v) is 4.44. The van der Waals surface area contributed by atoms with Crippen LogP contribution in [0.4, 0.5) is 0 Å². The van der Waals surface area contributed by atoms with Gasteiger partial charge in [-0.25, -0.2) is 0 Å². The van der Waals surface area contributed by atoms with Crippen LogP contribution < -0.4 is 5.32 Å². The highest BCUT2D eigenvalue weighted by Gasteiger charge is 2.11. The molecule has 0 aliphatic rings. The molecule has 6 heteroatoms. The molecule has 1 rings (SSSR count). The van der Waals surface area contributed by atoms with Crippen LogP contribution in [0, 0.1) is 0 Å². The lowest BCUT2D eigenvalue weighted by atomic mass is 10.4. The van der Waals surface area contributed by atoms with Gasteiger partial charge >= 0.3 is 0 Å². The summed E-state index contributed by atoms with van der Waals surface area (Å²) in [5.41, 5.74) is 0.963. The minimum atomic E-state index is 0.658. The Morgan fingerprint density at radius 3 is 2.88 bits per heavy atom. The topological polar surface area (TPSA) is 33.1 Å². The van der Waals surface area contributed by atoms with Crippen LogP contribution in [0.3, 0.4) is 0 Å². The van der Waals surface area contributed by atoms with E-state index in [0.29, 0.717) is 11.6 Å². The monoisotopic (exact) mass is 260 g/mol. The maximum atomic E-state index is 6.02. The summed E-state index contributed by atoms with van der Waals surface area (Å²) >= 11 is 11.3. The van der Waals surface area contributed by atoms with Crippen molar-refractivity contribution in [3.05, 3.63) is 16.9 Å². The molecule has 0 aromatic carbocycles. The summed E-state index contributed by atoms with van der Waals surface area (Å²) in [6.07, 6.45) is 2.70. The molecule has 1 aromatic rings. The molecule has 0 aliphatic carbocycles. The molecule has 0 unspecified atom stereocenters. The van der Waals surface area contributed by atoms with E-state index < -0.39 is 0 Å². The van der Waals surface area contributed by atoms with E-state index in [9.17, 15) is 0 Å². The minimum Gasteiger partial charge on any atom is -0.363 e. The Balaban J connectivity index is 2.57. The van der Waals surface area contributed by atoms with Crippen LogP contribution in [0.1, 0.15) is 19.0 Å². The lowest BCUT2D eigenvalue weighted by Crippen LogP contribution is -2.37. The molecule has 0 saturated carbocycles. The zero-order valence-electron chi connectivity index (χ0n) is 9.83. The van der Waals surface area contributed by atoms with Crippen LogP contribution in [0.5, 0.6) is 0 Å². The lowest BCUT2D eigenvalue weighted by molar-refractivity contribution is 0.466. The first-order chi connectivity index (χ1) is 7.56. The number of nitrogens with zero attached hydrogens (tertiary/aromatic N) is 3. The van der Waals surface area contributed by atoms with Crippen LogP contribution in [0.15, 0.2) is 6.20 Å². The number of aryl methyl sites for hydroxylation is 1. The fourth-order valence-corrected chi connectivity index (χ4v) is 1.67. The third kappa shape index (κ3) is 3.35. The van der Waals surface area contributed by atoms with Crippen molar-refractivity contribution < 1.29 is 0 Å². The predicted octanol–water partition coefficient (Wildman–Crippen LogP) is 1.79. The summed E-state index contributed by atoms with van der Waals surface area (Å²) in [6.45, 7) is 3.65. The lowest BCUT2D eigenvalue weighted by Gasteiger charge is -2.21. The first kappa shape index (κ1) is 13.3. The molecule has 0 fully saturated rings. The molecule has 0 spiro atoms. The Labute approximate surface area is 107 Å². The molecule has 0 radical (unpaired) electrons. The zero-order valence-corrected chi connectivity index (χ0v) is 11.4. The number of nitrogens with one attached hydrogen (secondary N) is 1. The van der Waals surface area contributed by atoms with Crippen molar-refractivity contribution in [2.45, 2.75) is 19.9 Å². The zero-order chi connectivity index (χ0) is 12.1. The average Bonchev–Trinajstić information content (AvgIpc) is 2.57. The predicted molar refractivity (Wildman–Crippen MR) is 70.6 cm³/mol. The number of rotatable bonds is 4. The number of aromatic nitrogens is 2. The average molecular weight is 261 g/mol. The summed E-state index contributed by atoms with van der Waals surface area (Å²) in [5, 5.41) is 8.66. The van der Waals surface area contributed by atoms with Gasteiger partial charge in [0.05, 0.1) is 23.5 Å². The van der Waals surface area contributed by atoms with Gasteiger partial charge in [0.15, 0.2) is 5.11 Å². The van der Waals surface area contributed by atoms with Crippen molar-refractivity contribution in [1.82, 2.24) is 20.0 Å². The van der Waals surface area contributed by atoms with E-state index in [1.54, 1.807) is 10.9 Å². The third-order valence-electron chi connectivity index (χ3n) is 2.27. The number of hydrogen-bond acceptors (Lipinski definition) is 2. The first-order valence-corrected chi connectivity index (χ1v) is 6.00. The van der Waals surface area contributed by atoms with Gasteiger partial charge in [-0.3, -0.25) is 4.68 Å². The molecule has 4 nitrogen and oxygen atoms in total. The van der Waals surface area contributed by atoms with Gasteiger partial charge in [0, 0.05) is 20.6 Å². The third-order valence-corrected chi connectivity index (χ3v) is 3.04. The van der Waals surface area contributed by atoms with Gasteiger partial charge in [-0.05, 0) is 18.6 Å². The summed E-state index contributed by atoms with van der Waals surface area (Å²) in [6, 6.07) is 0. The van der Waals surface area contributed by atoms with Crippen LogP contribution in [0.25, 0.3) is 0 Å². The molecule has 0 aliphatic heterocycles. The van der Waals surface area contributed by atoms with Gasteiger partial charge in [-0.1, -0.05) is 18.5 Å². The summed E-state index contributed by atoms with van der Waals surface area (Å²) < 4.78 is 1.77. The van der Waals surface area contributed by atoms with Gasteiger partial charge in [0.2, 0.25) is 0 Å². The van der Waals surface area contributed by atoms with Gasteiger partial charge < -0.3 is 10.2 Å². The highest BCUT2D eigenvalue weighted by molar-refractivity contribution is 7.80. The molecule has 0 saturated heterocycles. The molecule has 1 heterocycles. The summed E-state index contributed by atoms with van der Waals surface area (Å²) in [4.78, 5) is 1.95. The van der Waals surface area contributed by atoms with Gasteiger partial charge in [-0.2, -0.15) is 5.10 Å². The van der Waals surface area contributed by atoms with Crippen molar-refractivity contribution in [2.24, 2.45) is 7.05 Å². The smallest absolute Gasteiger partial charge is 0.169 e. The maximum absolute atomic E-state index is 6.02. The normalized spacial score (nSPS) is 10.2. The highest BCUT2D eigenvalue weighted by atomic mass is 35.5. The molecule has 90 valence electrons. The van der Waals surface area contributed by atoms with E-state index in [1.807, 2.05) is 19.0 Å². The summed E-state index contributed by atoms with van der Waals surface area (Å²) in [5.74, 6) is 0. The first-order valence-electron chi connectivity index (χ1n) is 5.21. The highest BCUT2D eigenvalue weighted by Crippen LogP contribution is 2.15. The Bertz CT molecular complexity index is 344. The molecule has 16 heavy (non-hydrogen) atoms. The van der Waals surface area contributed by atoms with E-state index in [-0.39, 0.29) is 0 Å². The molecule has 0 amide bonds. The van der Waals surface area contributed by atoms with Crippen LogP contribution in [-0.2, 0) is 13.6 Å². The number of halogens is 1. The fraction of sp³-hybridized carbons (Fsp3) is 0.600. The second-order valence-electron chi connectivity index (χ2n) is 3.65. The number of thiocarbonyl (C=S) groups is 1. The van der Waals surface area contributed by atoms with Crippen LogP contribution in [-0.4, -0.2) is 33.4 Å². The van der Waals surface area contributed by atoms with Crippen LogP contribution >= 0.6 is 23.8 Å². The SMILES string of the molecule is CCCNC(=S)N(C)Cc1c(Cl)cnn1C. The molecule has 1 aromatic heterocycles. The number of hydrogen-bond donors (Lipinski definition) is 1. The maximum Gasteiger partial charge on any atom is 0.169 e. The van der Waals surface area contributed by atoms with Gasteiger partial charge in [-0.15, -0.1) is 0 Å². The van der Waals surface area contributed by atoms with Crippen molar-refractivity contribution in [3.63, 3.8) is 0 Å². The standard InChI is InChI=1S/C10H17ClN4S/c1-4-5-12-10(16)14(2)7-9-8(11)6-13-15(9)3/h6H,4-5,7H2,1-3H3,(H,12,16). The van der Waals surface area contributed by atoms with Crippen molar-refractivity contribution in [1.29, 1.82) is 0 Å². The minimum absolute atomic E-state index is 0.658. The molecule has 0 atom stereocenters. The van der Waals surface area contributed by atoms with E-state index >= 15 is 0 Å².